The molecule has 4 aromatic rings. The maximum atomic E-state index is 12.9. The molecule has 0 fully saturated rings. The molecule has 2 aromatic carbocycles. The first kappa shape index (κ1) is 20.4. The standard InChI is InChI=1S/C21H17BrN2O5S/c1-3-28-15-6-4-5-12-9-16(29-19(12)15)20(26)23-21-24(11-18(25)27-2)14-8-7-13(22)10-17(14)30-21/h4-10H,3,11H2,1-2H3. The van der Waals surface area contributed by atoms with E-state index < -0.39 is 11.9 Å². The predicted octanol–water partition coefficient (Wildman–Crippen LogP) is 4.52. The quantitative estimate of drug-likeness (QED) is 0.385. The summed E-state index contributed by atoms with van der Waals surface area (Å²) in [5.74, 6) is -0.309. The number of nitrogens with zero attached hydrogens (tertiary/aromatic N) is 2. The van der Waals surface area contributed by atoms with Crippen LogP contribution < -0.4 is 9.54 Å². The average molecular weight is 489 g/mol. The SMILES string of the molecule is CCOc1cccc2cc(C(=O)N=c3sc4cc(Br)ccc4n3CC(=O)OC)oc12. The number of amides is 1. The fraction of sp³-hybridized carbons (Fsp3) is 0.190. The van der Waals surface area contributed by atoms with Gasteiger partial charge >= 0.3 is 11.9 Å². The van der Waals surface area contributed by atoms with Crippen molar-refractivity contribution in [1.82, 2.24) is 4.57 Å². The normalized spacial score (nSPS) is 11.9. The van der Waals surface area contributed by atoms with Crippen LogP contribution in [0.5, 0.6) is 5.75 Å². The van der Waals surface area contributed by atoms with Gasteiger partial charge in [-0.15, -0.1) is 0 Å². The predicted molar refractivity (Wildman–Crippen MR) is 117 cm³/mol. The molecule has 0 radical (unpaired) electrons. The molecule has 0 unspecified atom stereocenters. The van der Waals surface area contributed by atoms with Crippen molar-refractivity contribution in [2.45, 2.75) is 13.5 Å². The number of para-hydroxylation sites is 1. The lowest BCUT2D eigenvalue weighted by Gasteiger charge is -2.03. The molecule has 0 saturated heterocycles. The summed E-state index contributed by atoms with van der Waals surface area (Å²) in [5, 5.41) is 0.752. The van der Waals surface area contributed by atoms with Gasteiger partial charge in [-0.05, 0) is 37.3 Å². The molecule has 2 heterocycles. The van der Waals surface area contributed by atoms with E-state index in [1.807, 2.05) is 37.3 Å². The number of esters is 1. The zero-order chi connectivity index (χ0) is 21.3. The van der Waals surface area contributed by atoms with Crippen LogP contribution in [0, 0.1) is 0 Å². The van der Waals surface area contributed by atoms with Crippen LogP contribution in [0.2, 0.25) is 0 Å². The zero-order valence-electron chi connectivity index (χ0n) is 16.2. The van der Waals surface area contributed by atoms with Crippen LogP contribution >= 0.6 is 27.3 Å². The molecule has 0 bridgehead atoms. The number of carbonyl (C=O) groups is 2. The molecule has 0 atom stereocenters. The van der Waals surface area contributed by atoms with Crippen molar-refractivity contribution in [3.63, 3.8) is 0 Å². The van der Waals surface area contributed by atoms with E-state index in [9.17, 15) is 9.59 Å². The third-order valence-corrected chi connectivity index (χ3v) is 5.91. The first-order valence-electron chi connectivity index (χ1n) is 9.10. The number of rotatable bonds is 5. The summed E-state index contributed by atoms with van der Waals surface area (Å²) in [6, 6.07) is 12.7. The Kier molecular flexibility index (Phi) is 5.74. The van der Waals surface area contributed by atoms with Gasteiger partial charge in [-0.25, -0.2) is 0 Å². The number of aromatic nitrogens is 1. The first-order chi connectivity index (χ1) is 14.5. The van der Waals surface area contributed by atoms with E-state index in [4.69, 9.17) is 13.9 Å². The van der Waals surface area contributed by atoms with Crippen molar-refractivity contribution in [1.29, 1.82) is 0 Å². The Labute approximate surface area is 183 Å². The fourth-order valence-corrected chi connectivity index (χ4v) is 4.61. The lowest BCUT2D eigenvalue weighted by Crippen LogP contribution is -2.22. The van der Waals surface area contributed by atoms with Gasteiger partial charge in [0.2, 0.25) is 0 Å². The van der Waals surface area contributed by atoms with Gasteiger partial charge in [-0.3, -0.25) is 9.59 Å². The molecule has 7 nitrogen and oxygen atoms in total. The average Bonchev–Trinajstić information content (AvgIpc) is 3.30. The van der Waals surface area contributed by atoms with Gasteiger partial charge < -0.3 is 18.5 Å². The zero-order valence-corrected chi connectivity index (χ0v) is 18.6. The topological polar surface area (TPSA) is 83.0 Å². The highest BCUT2D eigenvalue weighted by Crippen LogP contribution is 2.29. The molecular weight excluding hydrogens is 472 g/mol. The van der Waals surface area contributed by atoms with Crippen molar-refractivity contribution >= 4 is 60.3 Å². The summed E-state index contributed by atoms with van der Waals surface area (Å²) in [4.78, 5) is 29.4. The van der Waals surface area contributed by atoms with Crippen molar-refractivity contribution in [2.24, 2.45) is 4.99 Å². The second-order valence-electron chi connectivity index (χ2n) is 6.29. The number of furan rings is 1. The van der Waals surface area contributed by atoms with Gasteiger partial charge in [0.05, 0.1) is 23.9 Å². The number of thiazole rings is 1. The Morgan fingerprint density at radius 1 is 1.23 bits per heavy atom. The molecule has 0 N–H and O–H groups in total. The molecule has 1 amide bonds. The Hall–Kier alpha value is -2.91. The van der Waals surface area contributed by atoms with Crippen molar-refractivity contribution in [3.8, 4) is 5.75 Å². The van der Waals surface area contributed by atoms with E-state index in [0.717, 1.165) is 20.1 Å². The molecule has 0 spiro atoms. The molecule has 0 aliphatic carbocycles. The van der Waals surface area contributed by atoms with E-state index in [2.05, 4.69) is 20.9 Å². The lowest BCUT2D eigenvalue weighted by molar-refractivity contribution is -0.141. The minimum atomic E-state index is -0.544. The molecule has 2 aromatic heterocycles. The van der Waals surface area contributed by atoms with Crippen molar-refractivity contribution < 1.29 is 23.5 Å². The summed E-state index contributed by atoms with van der Waals surface area (Å²) in [5.41, 5.74) is 1.28. The van der Waals surface area contributed by atoms with Gasteiger partial charge in [0.15, 0.2) is 21.9 Å². The maximum Gasteiger partial charge on any atom is 0.325 e. The van der Waals surface area contributed by atoms with Crippen LogP contribution in [-0.4, -0.2) is 30.2 Å². The van der Waals surface area contributed by atoms with E-state index in [0.29, 0.717) is 22.7 Å². The Bertz CT molecular complexity index is 1330. The van der Waals surface area contributed by atoms with E-state index in [1.165, 1.54) is 18.4 Å². The Balaban J connectivity index is 1.81. The monoisotopic (exact) mass is 488 g/mol. The third-order valence-electron chi connectivity index (χ3n) is 4.38. The number of ether oxygens (including phenoxy) is 2. The Morgan fingerprint density at radius 2 is 2.07 bits per heavy atom. The summed E-state index contributed by atoms with van der Waals surface area (Å²) in [6.45, 7) is 2.31. The summed E-state index contributed by atoms with van der Waals surface area (Å²) >= 11 is 4.74. The van der Waals surface area contributed by atoms with Crippen LogP contribution in [0.15, 0.2) is 56.3 Å². The van der Waals surface area contributed by atoms with Crippen molar-refractivity contribution in [2.75, 3.05) is 13.7 Å². The van der Waals surface area contributed by atoms with Crippen LogP contribution in [0.3, 0.4) is 0 Å². The molecule has 9 heteroatoms. The number of methoxy groups -OCH3 is 1. The second kappa shape index (κ2) is 8.45. The number of halogens is 1. The molecular formula is C21H17BrN2O5S. The minimum Gasteiger partial charge on any atom is -0.490 e. The molecule has 154 valence electrons. The van der Waals surface area contributed by atoms with Gasteiger partial charge in [0, 0.05) is 9.86 Å². The molecule has 30 heavy (non-hydrogen) atoms. The number of fused-ring (bicyclic) bond motifs is 2. The summed E-state index contributed by atoms with van der Waals surface area (Å²) in [6.07, 6.45) is 0. The smallest absolute Gasteiger partial charge is 0.325 e. The molecule has 0 saturated carbocycles. The van der Waals surface area contributed by atoms with Crippen LogP contribution in [0.25, 0.3) is 21.2 Å². The highest BCUT2D eigenvalue weighted by atomic mass is 79.9. The van der Waals surface area contributed by atoms with Gasteiger partial charge in [-0.2, -0.15) is 4.99 Å². The number of carbonyl (C=O) groups excluding carboxylic acids is 2. The first-order valence-corrected chi connectivity index (χ1v) is 10.7. The number of hydrogen-bond donors (Lipinski definition) is 0. The third kappa shape index (κ3) is 3.90. The van der Waals surface area contributed by atoms with Crippen molar-refractivity contribution in [3.05, 3.63) is 57.5 Å². The van der Waals surface area contributed by atoms with Crippen LogP contribution in [-0.2, 0) is 16.1 Å². The number of benzene rings is 2. The summed E-state index contributed by atoms with van der Waals surface area (Å²) < 4.78 is 19.5. The van der Waals surface area contributed by atoms with Crippen LogP contribution in [0.1, 0.15) is 17.5 Å². The largest absolute Gasteiger partial charge is 0.490 e. The van der Waals surface area contributed by atoms with Gasteiger partial charge in [-0.1, -0.05) is 39.4 Å². The summed E-state index contributed by atoms with van der Waals surface area (Å²) in [7, 11) is 1.32. The second-order valence-corrected chi connectivity index (χ2v) is 8.22. The lowest BCUT2D eigenvalue weighted by atomic mass is 10.2. The highest BCUT2D eigenvalue weighted by molar-refractivity contribution is 9.10. The van der Waals surface area contributed by atoms with E-state index >= 15 is 0 Å². The van der Waals surface area contributed by atoms with E-state index in [1.54, 1.807) is 16.7 Å². The van der Waals surface area contributed by atoms with E-state index in [-0.39, 0.29) is 12.3 Å². The molecule has 0 aliphatic rings. The van der Waals surface area contributed by atoms with Gasteiger partial charge in [0.1, 0.15) is 6.54 Å². The van der Waals surface area contributed by atoms with Crippen LogP contribution in [0.4, 0.5) is 0 Å². The molecule has 4 rings (SSSR count). The fourth-order valence-electron chi connectivity index (χ4n) is 3.03. The number of hydrogen-bond acceptors (Lipinski definition) is 6. The minimum absolute atomic E-state index is 0.0567. The maximum absolute atomic E-state index is 12.9. The Morgan fingerprint density at radius 3 is 2.83 bits per heavy atom. The van der Waals surface area contributed by atoms with Gasteiger partial charge in [0.25, 0.3) is 0 Å². The molecule has 0 aliphatic heterocycles. The highest BCUT2D eigenvalue weighted by Gasteiger charge is 2.17.